The normalized spacial score (nSPS) is 16.4. The second kappa shape index (κ2) is 10.1. The molecule has 0 saturated heterocycles. The maximum absolute atomic E-state index is 15.9. The van der Waals surface area contributed by atoms with Gasteiger partial charge >= 0.3 is 11.6 Å². The summed E-state index contributed by atoms with van der Waals surface area (Å²) in [7, 11) is 0. The van der Waals surface area contributed by atoms with Crippen molar-refractivity contribution in [3.8, 4) is 5.69 Å². The van der Waals surface area contributed by atoms with E-state index in [1.165, 1.54) is 28.1 Å². The highest BCUT2D eigenvalue weighted by molar-refractivity contribution is 5.34. The van der Waals surface area contributed by atoms with Crippen LogP contribution in [0.1, 0.15) is 43.4 Å². The van der Waals surface area contributed by atoms with Crippen LogP contribution < -0.4 is 5.69 Å². The Bertz CT molecular complexity index is 1450. The fourth-order valence-electron chi connectivity index (χ4n) is 4.85. The number of tetrazole rings is 1. The zero-order chi connectivity index (χ0) is 26.9. The van der Waals surface area contributed by atoms with E-state index in [1.54, 1.807) is 0 Å². The first-order valence-corrected chi connectivity index (χ1v) is 12.1. The number of benzene rings is 1. The van der Waals surface area contributed by atoms with Crippen LogP contribution in [0.15, 0.2) is 54.0 Å². The van der Waals surface area contributed by atoms with Crippen LogP contribution in [0.3, 0.4) is 0 Å². The van der Waals surface area contributed by atoms with Gasteiger partial charge in [0, 0.05) is 18.2 Å². The van der Waals surface area contributed by atoms with Crippen molar-refractivity contribution >= 4 is 0 Å². The average Bonchev–Trinajstić information content (AvgIpc) is 3.54. The van der Waals surface area contributed by atoms with Gasteiger partial charge in [-0.1, -0.05) is 19.3 Å². The molecule has 5 rings (SSSR count). The highest BCUT2D eigenvalue weighted by atomic mass is 19.3. The Morgan fingerprint density at radius 3 is 2.50 bits per heavy atom. The number of rotatable bonds is 8. The highest BCUT2D eigenvalue weighted by Crippen LogP contribution is 2.46. The van der Waals surface area contributed by atoms with Crippen molar-refractivity contribution in [3.05, 3.63) is 82.6 Å². The minimum atomic E-state index is -4.20. The number of aliphatic hydroxyl groups is 1. The molecule has 10 nitrogen and oxygen atoms in total. The van der Waals surface area contributed by atoms with Gasteiger partial charge in [-0.05, 0) is 53.5 Å². The molecule has 0 aliphatic heterocycles. The van der Waals surface area contributed by atoms with E-state index in [1.807, 2.05) is 0 Å². The second-order valence-electron chi connectivity index (χ2n) is 9.44. The summed E-state index contributed by atoms with van der Waals surface area (Å²) in [6, 6.07) is 4.03. The van der Waals surface area contributed by atoms with Crippen LogP contribution in [0.4, 0.5) is 17.6 Å². The molecular weight excluding hydrogens is 508 g/mol. The Morgan fingerprint density at radius 1 is 1.05 bits per heavy atom. The molecule has 4 aromatic rings. The predicted molar refractivity (Wildman–Crippen MR) is 124 cm³/mol. The van der Waals surface area contributed by atoms with Crippen molar-refractivity contribution < 1.29 is 22.7 Å². The van der Waals surface area contributed by atoms with E-state index in [0.29, 0.717) is 18.5 Å². The molecule has 1 atom stereocenters. The van der Waals surface area contributed by atoms with Crippen molar-refractivity contribution in [2.24, 2.45) is 5.92 Å². The van der Waals surface area contributed by atoms with Gasteiger partial charge in [0.2, 0.25) is 0 Å². The molecule has 1 aliphatic rings. The van der Waals surface area contributed by atoms with E-state index in [0.717, 1.165) is 61.1 Å². The molecule has 1 saturated carbocycles. The molecule has 1 aliphatic carbocycles. The van der Waals surface area contributed by atoms with Gasteiger partial charge in [-0.2, -0.15) is 13.9 Å². The van der Waals surface area contributed by atoms with Crippen LogP contribution in [0, 0.1) is 17.6 Å². The van der Waals surface area contributed by atoms with Gasteiger partial charge in [0.05, 0.1) is 18.4 Å². The summed E-state index contributed by atoms with van der Waals surface area (Å²) in [6.07, 6.45) is 8.75. The Balaban J connectivity index is 1.46. The molecule has 0 amide bonds. The summed E-state index contributed by atoms with van der Waals surface area (Å²) in [5.74, 6) is -6.23. The van der Waals surface area contributed by atoms with Crippen molar-refractivity contribution in [2.45, 2.75) is 56.7 Å². The highest BCUT2D eigenvalue weighted by Gasteiger charge is 2.58. The first-order valence-electron chi connectivity index (χ1n) is 12.1. The Hall–Kier alpha value is -3.94. The lowest BCUT2D eigenvalue weighted by molar-refractivity contribution is -0.207. The van der Waals surface area contributed by atoms with Crippen molar-refractivity contribution in [3.63, 3.8) is 0 Å². The molecule has 1 fully saturated rings. The third kappa shape index (κ3) is 4.71. The maximum atomic E-state index is 15.9. The van der Waals surface area contributed by atoms with Crippen molar-refractivity contribution in [1.82, 2.24) is 39.5 Å². The van der Waals surface area contributed by atoms with Gasteiger partial charge in [-0.3, -0.25) is 4.98 Å². The molecule has 0 spiro atoms. The Labute approximate surface area is 213 Å². The second-order valence-corrected chi connectivity index (χ2v) is 9.44. The molecule has 3 aromatic heterocycles. The molecule has 3 heterocycles. The number of pyridine rings is 1. The molecule has 1 unspecified atom stereocenters. The third-order valence-electron chi connectivity index (χ3n) is 6.92. The van der Waals surface area contributed by atoms with Gasteiger partial charge in [0.15, 0.2) is 5.60 Å². The quantitative estimate of drug-likeness (QED) is 0.347. The fraction of sp³-hybridized carbons (Fsp3) is 0.417. The fourth-order valence-corrected chi connectivity index (χ4v) is 4.85. The van der Waals surface area contributed by atoms with E-state index >= 15 is 8.78 Å². The Morgan fingerprint density at radius 2 is 1.84 bits per heavy atom. The zero-order valence-corrected chi connectivity index (χ0v) is 20.1. The number of nitrogens with zero attached hydrogens (tertiary/aromatic N) is 8. The summed E-state index contributed by atoms with van der Waals surface area (Å²) < 4.78 is 63.3. The molecule has 38 heavy (non-hydrogen) atoms. The first-order chi connectivity index (χ1) is 18.2. The van der Waals surface area contributed by atoms with Crippen LogP contribution in [-0.2, 0) is 24.6 Å². The predicted octanol–water partition coefficient (Wildman–Crippen LogP) is 2.95. The molecule has 1 N–H and O–H groups in total. The van der Waals surface area contributed by atoms with Gasteiger partial charge in [-0.15, -0.1) is 5.10 Å². The summed E-state index contributed by atoms with van der Waals surface area (Å²) in [4.78, 5) is 16.7. The lowest BCUT2D eigenvalue weighted by Crippen LogP contribution is -2.48. The maximum Gasteiger partial charge on any atom is 0.350 e. The average molecular weight is 533 g/mol. The Kier molecular flexibility index (Phi) is 6.82. The summed E-state index contributed by atoms with van der Waals surface area (Å²) >= 11 is 0. The lowest BCUT2D eigenvalue weighted by atomic mass is 9.84. The van der Waals surface area contributed by atoms with Gasteiger partial charge < -0.3 is 5.11 Å². The first kappa shape index (κ1) is 25.7. The number of alkyl halides is 2. The largest absolute Gasteiger partial charge is 0.377 e. The summed E-state index contributed by atoms with van der Waals surface area (Å²) in [5, 5.41) is 25.6. The molecule has 14 heteroatoms. The van der Waals surface area contributed by atoms with Gasteiger partial charge in [0.1, 0.15) is 30.0 Å². The van der Waals surface area contributed by atoms with Crippen LogP contribution in [-0.4, -0.2) is 44.6 Å². The van der Waals surface area contributed by atoms with E-state index in [2.05, 4.69) is 25.6 Å². The SMILES string of the molecule is O=c1n(-c2ccc(C(F)(F)C(O)(Cn3cnnn3)c3ccc(F)cc3F)nc2)cnn1CC1CCCCC1. The van der Waals surface area contributed by atoms with Gasteiger partial charge in [0.25, 0.3) is 0 Å². The minimum absolute atomic E-state index is 0.182. The van der Waals surface area contributed by atoms with Crippen molar-refractivity contribution in [1.29, 1.82) is 0 Å². The monoisotopic (exact) mass is 532 g/mol. The number of aromatic nitrogens is 8. The molecule has 0 bridgehead atoms. The number of hydrogen-bond acceptors (Lipinski definition) is 7. The van der Waals surface area contributed by atoms with E-state index < -0.39 is 46.6 Å². The molecule has 1 aromatic carbocycles. The topological polar surface area (TPSA) is 117 Å². The van der Waals surface area contributed by atoms with E-state index in [4.69, 9.17) is 0 Å². The van der Waals surface area contributed by atoms with Crippen LogP contribution in [0.2, 0.25) is 0 Å². The standard InChI is InChI=1S/C24H24F4N8O2/c25-17-6-8-19(20(26)10-17)23(38,13-34-14-30-32-33-34)24(27,28)21-9-7-18(11-29-21)35-15-31-36(22(35)37)12-16-4-2-1-3-5-16/h6-11,14-16,38H,1-5,12-13H2. The molecular formula is C24H24F4N8O2. The number of halogens is 4. The number of hydrogen-bond donors (Lipinski definition) is 1. The van der Waals surface area contributed by atoms with Crippen LogP contribution in [0.25, 0.3) is 5.69 Å². The smallest absolute Gasteiger partial charge is 0.350 e. The lowest BCUT2D eigenvalue weighted by Gasteiger charge is -2.35. The molecule has 200 valence electrons. The minimum Gasteiger partial charge on any atom is -0.377 e. The molecule has 0 radical (unpaired) electrons. The van der Waals surface area contributed by atoms with E-state index in [-0.39, 0.29) is 5.69 Å². The van der Waals surface area contributed by atoms with E-state index in [9.17, 15) is 18.7 Å². The van der Waals surface area contributed by atoms with Crippen LogP contribution >= 0.6 is 0 Å². The van der Waals surface area contributed by atoms with Gasteiger partial charge in [-0.25, -0.2) is 27.5 Å². The third-order valence-corrected chi connectivity index (χ3v) is 6.92. The van der Waals surface area contributed by atoms with Crippen molar-refractivity contribution in [2.75, 3.05) is 0 Å². The summed E-state index contributed by atoms with van der Waals surface area (Å²) in [5.41, 5.74) is -5.29. The summed E-state index contributed by atoms with van der Waals surface area (Å²) in [6.45, 7) is -0.491. The zero-order valence-electron chi connectivity index (χ0n) is 20.1. The van der Waals surface area contributed by atoms with Crippen LogP contribution in [0.5, 0.6) is 0 Å².